The van der Waals surface area contributed by atoms with Crippen molar-refractivity contribution >= 4 is 29.3 Å². The first-order valence-corrected chi connectivity index (χ1v) is 13.5. The molecule has 3 aromatic carbocycles. The van der Waals surface area contributed by atoms with Gasteiger partial charge in [-0.25, -0.2) is 0 Å². The molecule has 0 spiro atoms. The minimum Gasteiger partial charge on any atom is -0.497 e. The Morgan fingerprint density at radius 2 is 1.82 bits per heavy atom. The SMILES string of the molecule is COc1cccc(-n2c(CNC(=O)c3ccc(N4CCCC4=O)cc3)nnc2SCCc2ccccc2)c1. The van der Waals surface area contributed by atoms with Gasteiger partial charge in [0, 0.05) is 36.0 Å². The molecule has 8 nitrogen and oxygen atoms in total. The average molecular weight is 528 g/mol. The van der Waals surface area contributed by atoms with Gasteiger partial charge in [0.25, 0.3) is 5.91 Å². The number of anilines is 1. The van der Waals surface area contributed by atoms with E-state index >= 15 is 0 Å². The minimum absolute atomic E-state index is 0.122. The topological polar surface area (TPSA) is 89.4 Å². The maximum absolute atomic E-state index is 12.9. The lowest BCUT2D eigenvalue weighted by atomic mass is 10.2. The third-order valence-corrected chi connectivity index (χ3v) is 7.33. The summed E-state index contributed by atoms with van der Waals surface area (Å²) >= 11 is 1.62. The van der Waals surface area contributed by atoms with Crippen molar-refractivity contribution in [3.05, 3.63) is 95.8 Å². The van der Waals surface area contributed by atoms with E-state index in [0.717, 1.165) is 47.4 Å². The quantitative estimate of drug-likeness (QED) is 0.302. The van der Waals surface area contributed by atoms with Crippen LogP contribution in [0.3, 0.4) is 0 Å². The molecule has 1 fully saturated rings. The van der Waals surface area contributed by atoms with E-state index in [9.17, 15) is 9.59 Å². The summed E-state index contributed by atoms with van der Waals surface area (Å²) in [7, 11) is 1.63. The molecule has 0 atom stereocenters. The van der Waals surface area contributed by atoms with Gasteiger partial charge in [-0.2, -0.15) is 0 Å². The first-order valence-electron chi connectivity index (χ1n) is 12.6. The first kappa shape index (κ1) is 25.5. The van der Waals surface area contributed by atoms with Crippen molar-refractivity contribution in [1.29, 1.82) is 0 Å². The van der Waals surface area contributed by atoms with E-state index in [-0.39, 0.29) is 18.4 Å². The standard InChI is InChI=1S/C29H29N5O3S/c1-37-25-10-5-9-24(19-25)34-26(31-32-29(34)38-18-16-21-7-3-2-4-8-21)20-30-28(36)22-12-14-23(15-13-22)33-17-6-11-27(33)35/h2-5,7-10,12-15,19H,6,11,16-18,20H2,1H3,(H,30,36). The fraction of sp³-hybridized carbons (Fsp3) is 0.241. The maximum atomic E-state index is 12.9. The summed E-state index contributed by atoms with van der Waals surface area (Å²) in [5.74, 6) is 2.08. The third kappa shape index (κ3) is 5.89. The van der Waals surface area contributed by atoms with E-state index < -0.39 is 0 Å². The number of nitrogens with zero attached hydrogens (tertiary/aromatic N) is 4. The number of ether oxygens (including phenoxy) is 1. The molecule has 1 N–H and O–H groups in total. The number of rotatable bonds is 10. The van der Waals surface area contributed by atoms with E-state index in [1.165, 1.54) is 5.56 Å². The highest BCUT2D eigenvalue weighted by Gasteiger charge is 2.22. The summed E-state index contributed by atoms with van der Waals surface area (Å²) in [6, 6.07) is 25.1. The number of aryl methyl sites for hydroxylation is 1. The smallest absolute Gasteiger partial charge is 0.251 e. The summed E-state index contributed by atoms with van der Waals surface area (Å²) in [5, 5.41) is 12.6. The molecule has 0 radical (unpaired) electrons. The molecule has 194 valence electrons. The van der Waals surface area contributed by atoms with Crippen molar-refractivity contribution in [1.82, 2.24) is 20.1 Å². The largest absolute Gasteiger partial charge is 0.497 e. The Kier molecular flexibility index (Phi) is 8.04. The normalized spacial score (nSPS) is 13.1. The molecule has 0 saturated carbocycles. The van der Waals surface area contributed by atoms with E-state index in [1.54, 1.807) is 35.9 Å². The monoisotopic (exact) mass is 527 g/mol. The average Bonchev–Trinajstić information content (AvgIpc) is 3.58. The minimum atomic E-state index is -0.220. The van der Waals surface area contributed by atoms with Crippen LogP contribution in [0.5, 0.6) is 5.75 Å². The zero-order valence-electron chi connectivity index (χ0n) is 21.2. The second-order valence-corrected chi connectivity index (χ2v) is 9.96. The lowest BCUT2D eigenvalue weighted by Crippen LogP contribution is -2.25. The lowest BCUT2D eigenvalue weighted by Gasteiger charge is -2.16. The predicted octanol–water partition coefficient (Wildman–Crippen LogP) is 4.67. The fourth-order valence-corrected chi connectivity index (χ4v) is 5.36. The van der Waals surface area contributed by atoms with Crippen LogP contribution < -0.4 is 15.0 Å². The Morgan fingerprint density at radius 1 is 1.00 bits per heavy atom. The molecule has 1 aliphatic heterocycles. The molecule has 1 saturated heterocycles. The molecule has 4 aromatic rings. The van der Waals surface area contributed by atoms with Crippen molar-refractivity contribution in [3.8, 4) is 11.4 Å². The molecule has 1 aromatic heterocycles. The highest BCUT2D eigenvalue weighted by molar-refractivity contribution is 7.99. The summed E-state index contributed by atoms with van der Waals surface area (Å²) in [6.45, 7) is 0.921. The molecule has 0 unspecified atom stereocenters. The molecule has 0 bridgehead atoms. The van der Waals surface area contributed by atoms with Crippen LogP contribution in [0.25, 0.3) is 5.69 Å². The summed E-state index contributed by atoms with van der Waals surface area (Å²) in [5.41, 5.74) is 3.46. The van der Waals surface area contributed by atoms with Gasteiger partial charge in [0.1, 0.15) is 5.75 Å². The Bertz CT molecular complexity index is 1410. The Morgan fingerprint density at radius 3 is 2.55 bits per heavy atom. The van der Waals surface area contributed by atoms with Crippen LogP contribution in [-0.4, -0.2) is 46.0 Å². The zero-order valence-corrected chi connectivity index (χ0v) is 22.0. The van der Waals surface area contributed by atoms with Gasteiger partial charge in [-0.15, -0.1) is 10.2 Å². The van der Waals surface area contributed by atoms with Gasteiger partial charge < -0.3 is 15.0 Å². The maximum Gasteiger partial charge on any atom is 0.251 e. The van der Waals surface area contributed by atoms with Gasteiger partial charge >= 0.3 is 0 Å². The summed E-state index contributed by atoms with van der Waals surface area (Å²) in [6.07, 6.45) is 2.34. The van der Waals surface area contributed by atoms with Crippen LogP contribution in [-0.2, 0) is 17.8 Å². The Labute approximate surface area is 226 Å². The molecule has 2 amide bonds. The molecule has 9 heteroatoms. The highest BCUT2D eigenvalue weighted by Crippen LogP contribution is 2.26. The van der Waals surface area contributed by atoms with Crippen molar-refractivity contribution in [3.63, 3.8) is 0 Å². The van der Waals surface area contributed by atoms with E-state index in [2.05, 4.69) is 27.6 Å². The number of thioether (sulfide) groups is 1. The van der Waals surface area contributed by atoms with Gasteiger partial charge in [0.15, 0.2) is 11.0 Å². The zero-order chi connectivity index (χ0) is 26.3. The number of hydrogen-bond acceptors (Lipinski definition) is 6. The van der Waals surface area contributed by atoms with E-state index in [1.807, 2.05) is 59.2 Å². The van der Waals surface area contributed by atoms with Crippen molar-refractivity contribution < 1.29 is 14.3 Å². The predicted molar refractivity (Wildman–Crippen MR) is 148 cm³/mol. The summed E-state index contributed by atoms with van der Waals surface area (Å²) in [4.78, 5) is 26.7. The first-order chi connectivity index (χ1) is 18.6. The van der Waals surface area contributed by atoms with Crippen LogP contribution >= 0.6 is 11.8 Å². The van der Waals surface area contributed by atoms with Gasteiger partial charge in [-0.1, -0.05) is 48.2 Å². The van der Waals surface area contributed by atoms with Crippen LogP contribution in [0.1, 0.15) is 34.6 Å². The number of methoxy groups -OCH3 is 1. The number of carbonyl (C=O) groups is 2. The summed E-state index contributed by atoms with van der Waals surface area (Å²) < 4.78 is 7.38. The molecule has 38 heavy (non-hydrogen) atoms. The molecule has 1 aliphatic rings. The Hall–Kier alpha value is -4.11. The number of hydrogen-bond donors (Lipinski definition) is 1. The van der Waals surface area contributed by atoms with Crippen molar-refractivity contribution in [2.45, 2.75) is 31.0 Å². The van der Waals surface area contributed by atoms with E-state index in [0.29, 0.717) is 17.8 Å². The second kappa shape index (κ2) is 12.0. The highest BCUT2D eigenvalue weighted by atomic mass is 32.2. The number of amides is 2. The molecule has 2 heterocycles. The van der Waals surface area contributed by atoms with Crippen LogP contribution in [0.15, 0.2) is 84.0 Å². The van der Waals surface area contributed by atoms with Gasteiger partial charge in [0.05, 0.1) is 19.3 Å². The van der Waals surface area contributed by atoms with Crippen LogP contribution in [0.4, 0.5) is 5.69 Å². The third-order valence-electron chi connectivity index (χ3n) is 6.40. The van der Waals surface area contributed by atoms with Crippen molar-refractivity contribution in [2.24, 2.45) is 0 Å². The van der Waals surface area contributed by atoms with Crippen molar-refractivity contribution in [2.75, 3.05) is 24.3 Å². The van der Waals surface area contributed by atoms with Gasteiger partial charge in [0.2, 0.25) is 5.91 Å². The number of benzene rings is 3. The number of carbonyl (C=O) groups excluding carboxylic acids is 2. The molecule has 0 aliphatic carbocycles. The Balaban J connectivity index is 1.30. The van der Waals surface area contributed by atoms with Gasteiger partial charge in [-0.05, 0) is 54.8 Å². The van der Waals surface area contributed by atoms with Crippen LogP contribution in [0, 0.1) is 0 Å². The lowest BCUT2D eigenvalue weighted by molar-refractivity contribution is -0.117. The molecule has 5 rings (SSSR count). The molecular weight excluding hydrogens is 498 g/mol. The van der Waals surface area contributed by atoms with Crippen LogP contribution in [0.2, 0.25) is 0 Å². The fourth-order valence-electron chi connectivity index (χ4n) is 4.40. The second-order valence-electron chi connectivity index (χ2n) is 8.90. The number of aromatic nitrogens is 3. The molecular formula is C29H29N5O3S. The number of nitrogens with one attached hydrogen (secondary N) is 1. The van der Waals surface area contributed by atoms with E-state index in [4.69, 9.17) is 4.74 Å². The van der Waals surface area contributed by atoms with Gasteiger partial charge in [-0.3, -0.25) is 14.2 Å².